The summed E-state index contributed by atoms with van der Waals surface area (Å²) in [6.07, 6.45) is 1.32. The summed E-state index contributed by atoms with van der Waals surface area (Å²) >= 11 is 0. The van der Waals surface area contributed by atoms with Gasteiger partial charge >= 0.3 is 5.63 Å². The number of fused-ring (bicyclic) bond motifs is 1. The van der Waals surface area contributed by atoms with Gasteiger partial charge in [0.1, 0.15) is 11.3 Å². The molecule has 0 aliphatic carbocycles. The number of carbonyl (C=O) groups excluding carboxylic acids is 2. The van der Waals surface area contributed by atoms with Crippen LogP contribution >= 0.6 is 0 Å². The van der Waals surface area contributed by atoms with Crippen LogP contribution < -0.4 is 10.4 Å². The molecule has 7 nitrogen and oxygen atoms in total. The quantitative estimate of drug-likeness (QED) is 0.721. The van der Waals surface area contributed by atoms with Crippen molar-refractivity contribution in [3.05, 3.63) is 39.7 Å². The van der Waals surface area contributed by atoms with Gasteiger partial charge in [0, 0.05) is 50.1 Å². The van der Waals surface area contributed by atoms with E-state index >= 15 is 0 Å². The van der Waals surface area contributed by atoms with Gasteiger partial charge in [0.15, 0.2) is 6.10 Å². The van der Waals surface area contributed by atoms with Crippen molar-refractivity contribution in [2.24, 2.45) is 0 Å². The summed E-state index contributed by atoms with van der Waals surface area (Å²) in [4.78, 5) is 39.9. The first-order valence-electron chi connectivity index (χ1n) is 10.1. The van der Waals surface area contributed by atoms with Crippen LogP contribution in [0.15, 0.2) is 27.4 Å². The predicted octanol–water partition coefficient (Wildman–Crippen LogP) is 2.51. The van der Waals surface area contributed by atoms with Crippen LogP contribution in [-0.2, 0) is 16.0 Å². The van der Waals surface area contributed by atoms with E-state index in [1.54, 1.807) is 23.8 Å². The molecule has 0 bridgehead atoms. The van der Waals surface area contributed by atoms with Crippen molar-refractivity contribution >= 4 is 22.8 Å². The van der Waals surface area contributed by atoms with Gasteiger partial charge in [-0.3, -0.25) is 9.59 Å². The number of ether oxygens (including phenoxy) is 1. The fraction of sp³-hybridized carbons (Fsp3) is 0.500. The topological polar surface area (TPSA) is 80.1 Å². The fourth-order valence-electron chi connectivity index (χ4n) is 3.66. The molecule has 3 rings (SSSR count). The predicted molar refractivity (Wildman–Crippen MR) is 110 cm³/mol. The zero-order valence-corrected chi connectivity index (χ0v) is 17.5. The molecule has 156 valence electrons. The molecule has 0 spiro atoms. The van der Waals surface area contributed by atoms with E-state index in [1.165, 1.54) is 6.07 Å². The van der Waals surface area contributed by atoms with Gasteiger partial charge in [0.2, 0.25) is 5.91 Å². The Hall–Kier alpha value is -2.83. The van der Waals surface area contributed by atoms with Crippen molar-refractivity contribution in [3.8, 4) is 5.75 Å². The van der Waals surface area contributed by atoms with Gasteiger partial charge in [-0.1, -0.05) is 13.3 Å². The Morgan fingerprint density at radius 2 is 2.00 bits per heavy atom. The van der Waals surface area contributed by atoms with E-state index in [9.17, 15) is 14.4 Å². The van der Waals surface area contributed by atoms with Crippen LogP contribution in [0.3, 0.4) is 0 Å². The number of nitrogens with zero attached hydrogens (tertiary/aromatic N) is 2. The molecule has 1 aromatic carbocycles. The Kier molecular flexibility index (Phi) is 6.25. The van der Waals surface area contributed by atoms with Crippen molar-refractivity contribution in [1.29, 1.82) is 0 Å². The highest BCUT2D eigenvalue weighted by molar-refractivity contribution is 5.86. The Labute approximate surface area is 170 Å². The van der Waals surface area contributed by atoms with Gasteiger partial charge in [-0.25, -0.2) is 4.79 Å². The zero-order chi connectivity index (χ0) is 21.1. The average Bonchev–Trinajstić information content (AvgIpc) is 2.85. The lowest BCUT2D eigenvalue weighted by atomic mass is 10.0. The third-order valence-electron chi connectivity index (χ3n) is 5.41. The van der Waals surface area contributed by atoms with E-state index in [1.807, 2.05) is 19.1 Å². The van der Waals surface area contributed by atoms with Gasteiger partial charge < -0.3 is 19.0 Å². The molecular weight excluding hydrogens is 372 g/mol. The second-order valence-electron chi connectivity index (χ2n) is 7.56. The molecule has 1 saturated heterocycles. The van der Waals surface area contributed by atoms with Crippen LogP contribution in [0.25, 0.3) is 11.0 Å². The highest BCUT2D eigenvalue weighted by atomic mass is 16.5. The summed E-state index contributed by atoms with van der Waals surface area (Å²) in [5, 5.41) is 0.893. The summed E-state index contributed by atoms with van der Waals surface area (Å²) in [5.74, 6) is 0.393. The molecule has 1 unspecified atom stereocenters. The third-order valence-corrected chi connectivity index (χ3v) is 5.41. The van der Waals surface area contributed by atoms with Crippen LogP contribution in [0, 0.1) is 6.92 Å². The maximum Gasteiger partial charge on any atom is 0.336 e. The normalized spacial score (nSPS) is 16.1. The van der Waals surface area contributed by atoms with Gasteiger partial charge in [-0.15, -0.1) is 0 Å². The van der Waals surface area contributed by atoms with E-state index in [0.717, 1.165) is 23.8 Å². The summed E-state index contributed by atoms with van der Waals surface area (Å²) in [7, 11) is 1.75. The SMILES string of the molecule is CCCc1cc(=O)oc2c(C)c(OC(C)C(=O)N3CCC(=O)N(C)CC3)ccc12. The summed E-state index contributed by atoms with van der Waals surface area (Å²) < 4.78 is 11.4. The molecule has 29 heavy (non-hydrogen) atoms. The molecule has 1 fully saturated rings. The van der Waals surface area contributed by atoms with Crippen molar-refractivity contribution in [3.63, 3.8) is 0 Å². The Morgan fingerprint density at radius 1 is 1.24 bits per heavy atom. The Morgan fingerprint density at radius 3 is 2.72 bits per heavy atom. The molecule has 1 aliphatic heterocycles. The van der Waals surface area contributed by atoms with Crippen LogP contribution in [0.4, 0.5) is 0 Å². The molecule has 1 atom stereocenters. The van der Waals surface area contributed by atoms with Gasteiger partial charge in [-0.2, -0.15) is 0 Å². The minimum Gasteiger partial charge on any atom is -0.480 e. The van der Waals surface area contributed by atoms with E-state index in [-0.39, 0.29) is 17.4 Å². The van der Waals surface area contributed by atoms with Crippen LogP contribution in [-0.4, -0.2) is 54.4 Å². The van der Waals surface area contributed by atoms with Gasteiger partial charge in [0.25, 0.3) is 5.91 Å². The first-order valence-corrected chi connectivity index (χ1v) is 10.1. The number of amides is 2. The highest BCUT2D eigenvalue weighted by Crippen LogP contribution is 2.29. The summed E-state index contributed by atoms with van der Waals surface area (Å²) in [5.41, 5.74) is 1.77. The van der Waals surface area contributed by atoms with E-state index in [2.05, 4.69) is 6.92 Å². The van der Waals surface area contributed by atoms with Crippen LogP contribution in [0.2, 0.25) is 0 Å². The first kappa shape index (κ1) is 20.9. The van der Waals surface area contributed by atoms with Gasteiger partial charge in [-0.05, 0) is 38.0 Å². The van der Waals surface area contributed by atoms with E-state index in [0.29, 0.717) is 43.0 Å². The number of aryl methyl sites for hydroxylation is 2. The lowest BCUT2D eigenvalue weighted by Gasteiger charge is -2.25. The average molecular weight is 400 g/mol. The molecule has 1 aliphatic rings. The van der Waals surface area contributed by atoms with E-state index in [4.69, 9.17) is 9.15 Å². The molecule has 2 heterocycles. The second kappa shape index (κ2) is 8.68. The van der Waals surface area contributed by atoms with Crippen molar-refractivity contribution < 1.29 is 18.7 Å². The first-order chi connectivity index (χ1) is 13.8. The number of hydrogen-bond acceptors (Lipinski definition) is 5. The largest absolute Gasteiger partial charge is 0.480 e. The number of benzene rings is 1. The van der Waals surface area contributed by atoms with Crippen LogP contribution in [0.5, 0.6) is 5.75 Å². The van der Waals surface area contributed by atoms with Crippen molar-refractivity contribution in [2.75, 3.05) is 26.7 Å². The van der Waals surface area contributed by atoms with Crippen LogP contribution in [0.1, 0.15) is 37.8 Å². The lowest BCUT2D eigenvalue weighted by molar-refractivity contribution is -0.137. The molecule has 0 radical (unpaired) electrons. The summed E-state index contributed by atoms with van der Waals surface area (Å²) in [6, 6.07) is 5.23. The molecular formula is C22H28N2O5. The third kappa shape index (κ3) is 4.44. The molecule has 0 N–H and O–H groups in total. The zero-order valence-electron chi connectivity index (χ0n) is 17.5. The minimum atomic E-state index is -0.713. The number of likely N-dealkylation sites (N-methyl/N-ethyl adjacent to an activating group) is 1. The standard InChI is InChI=1S/C22H28N2O5/c1-5-6-16-13-20(26)29-21-14(2)18(8-7-17(16)21)28-15(3)22(27)24-10-9-19(25)23(4)11-12-24/h7-8,13,15H,5-6,9-12H2,1-4H3. The monoisotopic (exact) mass is 400 g/mol. The Bertz CT molecular complexity index is 981. The summed E-state index contributed by atoms with van der Waals surface area (Å²) in [6.45, 7) is 6.98. The van der Waals surface area contributed by atoms with Crippen molar-refractivity contribution in [2.45, 2.75) is 46.1 Å². The van der Waals surface area contributed by atoms with Crippen molar-refractivity contribution in [1.82, 2.24) is 9.80 Å². The maximum atomic E-state index is 12.8. The fourth-order valence-corrected chi connectivity index (χ4v) is 3.66. The maximum absolute atomic E-state index is 12.8. The molecule has 2 amide bonds. The number of carbonyl (C=O) groups is 2. The van der Waals surface area contributed by atoms with Gasteiger partial charge in [0.05, 0.1) is 0 Å². The number of hydrogen-bond donors (Lipinski definition) is 0. The molecule has 2 aromatic rings. The molecule has 1 aromatic heterocycles. The molecule has 0 saturated carbocycles. The minimum absolute atomic E-state index is 0.0390. The molecule has 7 heteroatoms. The second-order valence-corrected chi connectivity index (χ2v) is 7.56. The lowest BCUT2D eigenvalue weighted by Crippen LogP contribution is -2.42. The highest BCUT2D eigenvalue weighted by Gasteiger charge is 2.26. The smallest absolute Gasteiger partial charge is 0.336 e. The number of rotatable bonds is 5. The van der Waals surface area contributed by atoms with E-state index < -0.39 is 6.10 Å². The Balaban J connectivity index is 1.82.